The molecule has 0 atom stereocenters. The molecule has 1 N–H and O–H groups in total. The van der Waals surface area contributed by atoms with Crippen LogP contribution in [0, 0.1) is 5.92 Å². The molecule has 0 amide bonds. The van der Waals surface area contributed by atoms with Crippen LogP contribution >= 0.6 is 0 Å². The monoisotopic (exact) mass is 241 g/mol. The second-order valence-corrected chi connectivity index (χ2v) is 5.71. The molecule has 2 heteroatoms. The predicted molar refractivity (Wildman–Crippen MR) is 74.4 cm³/mol. The van der Waals surface area contributed by atoms with Gasteiger partial charge < -0.3 is 10.1 Å². The van der Waals surface area contributed by atoms with Gasteiger partial charge in [0.05, 0.1) is 6.10 Å². The third-order valence-electron chi connectivity index (χ3n) is 3.88. The number of rotatable bonds is 8. The molecule has 0 aromatic carbocycles. The maximum Gasteiger partial charge on any atom is 0.0518 e. The van der Waals surface area contributed by atoms with Gasteiger partial charge in [-0.1, -0.05) is 13.3 Å². The summed E-state index contributed by atoms with van der Waals surface area (Å²) in [4.78, 5) is 0. The van der Waals surface area contributed by atoms with Crippen molar-refractivity contribution in [3.05, 3.63) is 0 Å². The molecule has 1 aliphatic carbocycles. The Balaban J connectivity index is 1.90. The molecular weight excluding hydrogens is 210 g/mol. The zero-order chi connectivity index (χ0) is 12.5. The second-order valence-electron chi connectivity index (χ2n) is 5.71. The first-order valence-electron chi connectivity index (χ1n) is 7.57. The molecule has 1 aliphatic rings. The maximum absolute atomic E-state index is 5.53. The van der Waals surface area contributed by atoms with E-state index in [1.165, 1.54) is 51.5 Å². The largest absolute Gasteiger partial charge is 0.379 e. The topological polar surface area (TPSA) is 21.3 Å². The molecule has 0 spiro atoms. The number of hydrogen-bond acceptors (Lipinski definition) is 2. The van der Waals surface area contributed by atoms with Crippen molar-refractivity contribution in [2.75, 3.05) is 13.2 Å². The van der Waals surface area contributed by atoms with Crippen molar-refractivity contribution in [1.29, 1.82) is 0 Å². The molecule has 1 fully saturated rings. The van der Waals surface area contributed by atoms with Crippen LogP contribution in [0.25, 0.3) is 0 Å². The lowest BCUT2D eigenvalue weighted by Gasteiger charge is -2.28. The number of hydrogen-bond donors (Lipinski definition) is 1. The molecular formula is C15H31NO. The first kappa shape index (κ1) is 15.0. The number of nitrogens with one attached hydrogen (secondary N) is 1. The van der Waals surface area contributed by atoms with E-state index in [1.54, 1.807) is 0 Å². The van der Waals surface area contributed by atoms with Gasteiger partial charge in [-0.15, -0.1) is 0 Å². The van der Waals surface area contributed by atoms with Gasteiger partial charge in [0, 0.05) is 12.6 Å². The van der Waals surface area contributed by atoms with Gasteiger partial charge in [0.2, 0.25) is 0 Å². The van der Waals surface area contributed by atoms with E-state index in [0.29, 0.717) is 6.10 Å². The second kappa shape index (κ2) is 8.93. The van der Waals surface area contributed by atoms with Crippen molar-refractivity contribution in [1.82, 2.24) is 5.32 Å². The van der Waals surface area contributed by atoms with E-state index < -0.39 is 0 Å². The summed E-state index contributed by atoms with van der Waals surface area (Å²) in [5, 5.41) is 3.70. The van der Waals surface area contributed by atoms with E-state index in [9.17, 15) is 0 Å². The molecule has 0 aromatic heterocycles. The highest BCUT2D eigenvalue weighted by Gasteiger charge is 2.18. The molecule has 17 heavy (non-hydrogen) atoms. The summed E-state index contributed by atoms with van der Waals surface area (Å²) in [5.74, 6) is 1.01. The van der Waals surface area contributed by atoms with Gasteiger partial charge >= 0.3 is 0 Å². The molecule has 0 unspecified atom stereocenters. The molecule has 102 valence electrons. The van der Waals surface area contributed by atoms with Gasteiger partial charge in [-0.3, -0.25) is 0 Å². The van der Waals surface area contributed by atoms with Crippen LogP contribution in [0.1, 0.15) is 65.7 Å². The van der Waals surface area contributed by atoms with E-state index >= 15 is 0 Å². The smallest absolute Gasteiger partial charge is 0.0518 e. The first-order chi connectivity index (χ1) is 8.22. The summed E-state index contributed by atoms with van der Waals surface area (Å²) in [6.07, 6.45) is 9.85. The molecule has 0 saturated heterocycles. The van der Waals surface area contributed by atoms with Crippen LogP contribution in [0.2, 0.25) is 0 Å². The van der Waals surface area contributed by atoms with Gasteiger partial charge in [-0.25, -0.2) is 0 Å². The Morgan fingerprint density at radius 2 is 1.82 bits per heavy atom. The van der Waals surface area contributed by atoms with Crippen LogP contribution < -0.4 is 5.32 Å². The SMILES string of the molecule is CCC1CCC(NCCCCOC(C)C)CC1. The van der Waals surface area contributed by atoms with E-state index in [0.717, 1.165) is 18.6 Å². The van der Waals surface area contributed by atoms with Gasteiger partial charge in [-0.2, -0.15) is 0 Å². The minimum atomic E-state index is 0.382. The summed E-state index contributed by atoms with van der Waals surface area (Å²) >= 11 is 0. The molecule has 0 bridgehead atoms. The van der Waals surface area contributed by atoms with Crippen molar-refractivity contribution in [2.24, 2.45) is 5.92 Å². The maximum atomic E-state index is 5.53. The Labute approximate surface area is 108 Å². The van der Waals surface area contributed by atoms with E-state index in [2.05, 4.69) is 26.1 Å². The Morgan fingerprint density at radius 1 is 1.12 bits per heavy atom. The molecule has 1 rings (SSSR count). The van der Waals surface area contributed by atoms with Crippen molar-refractivity contribution in [2.45, 2.75) is 77.9 Å². The number of ether oxygens (including phenoxy) is 1. The fourth-order valence-corrected chi connectivity index (χ4v) is 2.63. The van der Waals surface area contributed by atoms with Crippen LogP contribution in [0.5, 0.6) is 0 Å². The first-order valence-corrected chi connectivity index (χ1v) is 7.57. The summed E-state index contributed by atoms with van der Waals surface area (Å²) in [6, 6.07) is 0.795. The molecule has 0 aliphatic heterocycles. The molecule has 1 saturated carbocycles. The standard InChI is InChI=1S/C15H31NO/c1-4-14-7-9-15(10-8-14)16-11-5-6-12-17-13(2)3/h13-16H,4-12H2,1-3H3. The van der Waals surface area contributed by atoms with Crippen LogP contribution in [-0.4, -0.2) is 25.3 Å². The third-order valence-corrected chi connectivity index (χ3v) is 3.88. The summed E-state index contributed by atoms with van der Waals surface area (Å²) < 4.78 is 5.53. The minimum absolute atomic E-state index is 0.382. The van der Waals surface area contributed by atoms with Gasteiger partial charge in [0.1, 0.15) is 0 Å². The Bertz CT molecular complexity index is 174. The lowest BCUT2D eigenvalue weighted by Crippen LogP contribution is -2.33. The molecule has 0 aromatic rings. The highest BCUT2D eigenvalue weighted by Crippen LogP contribution is 2.26. The third kappa shape index (κ3) is 7.05. The molecule has 0 heterocycles. The fraction of sp³-hybridized carbons (Fsp3) is 1.00. The lowest BCUT2D eigenvalue weighted by atomic mass is 9.84. The number of unbranched alkanes of at least 4 members (excludes halogenated alkanes) is 1. The van der Waals surface area contributed by atoms with Crippen LogP contribution in [0.4, 0.5) is 0 Å². The summed E-state index contributed by atoms with van der Waals surface area (Å²) in [5.41, 5.74) is 0. The van der Waals surface area contributed by atoms with Gasteiger partial charge in [-0.05, 0) is 64.8 Å². The summed E-state index contributed by atoms with van der Waals surface area (Å²) in [7, 11) is 0. The lowest BCUT2D eigenvalue weighted by molar-refractivity contribution is 0.0758. The molecule has 2 nitrogen and oxygen atoms in total. The van der Waals surface area contributed by atoms with Crippen LogP contribution in [-0.2, 0) is 4.74 Å². The van der Waals surface area contributed by atoms with E-state index in [-0.39, 0.29) is 0 Å². The van der Waals surface area contributed by atoms with Crippen LogP contribution in [0.3, 0.4) is 0 Å². The normalized spacial score (nSPS) is 25.4. The zero-order valence-electron chi connectivity index (χ0n) is 12.0. The predicted octanol–water partition coefficient (Wildman–Crippen LogP) is 3.75. The fourth-order valence-electron chi connectivity index (χ4n) is 2.63. The Kier molecular flexibility index (Phi) is 7.87. The summed E-state index contributed by atoms with van der Waals surface area (Å²) in [6.45, 7) is 8.62. The Morgan fingerprint density at radius 3 is 2.41 bits per heavy atom. The highest BCUT2D eigenvalue weighted by atomic mass is 16.5. The van der Waals surface area contributed by atoms with Crippen molar-refractivity contribution in [3.63, 3.8) is 0 Å². The average Bonchev–Trinajstić information content (AvgIpc) is 2.34. The minimum Gasteiger partial charge on any atom is -0.379 e. The van der Waals surface area contributed by atoms with Crippen molar-refractivity contribution >= 4 is 0 Å². The average molecular weight is 241 g/mol. The van der Waals surface area contributed by atoms with Gasteiger partial charge in [0.25, 0.3) is 0 Å². The quantitative estimate of drug-likeness (QED) is 0.653. The van der Waals surface area contributed by atoms with Crippen LogP contribution in [0.15, 0.2) is 0 Å². The highest BCUT2D eigenvalue weighted by molar-refractivity contribution is 4.76. The zero-order valence-corrected chi connectivity index (χ0v) is 12.0. The van der Waals surface area contributed by atoms with Crippen molar-refractivity contribution in [3.8, 4) is 0 Å². The van der Waals surface area contributed by atoms with Crippen molar-refractivity contribution < 1.29 is 4.74 Å². The molecule has 0 radical (unpaired) electrons. The van der Waals surface area contributed by atoms with Gasteiger partial charge in [0.15, 0.2) is 0 Å². The Hall–Kier alpha value is -0.0800. The van der Waals surface area contributed by atoms with E-state index in [4.69, 9.17) is 4.74 Å². The van der Waals surface area contributed by atoms with E-state index in [1.807, 2.05) is 0 Å².